The predicted octanol–water partition coefficient (Wildman–Crippen LogP) is 2.16. The van der Waals surface area contributed by atoms with Gasteiger partial charge in [0.25, 0.3) is 11.8 Å². The van der Waals surface area contributed by atoms with Crippen LogP contribution in [0, 0.1) is 0 Å². The van der Waals surface area contributed by atoms with Gasteiger partial charge in [0.05, 0.1) is 6.61 Å². The Labute approximate surface area is 122 Å². The molecule has 0 heterocycles. The SMILES string of the molecule is CCOc1ccc(C(=O)NNC(=O)c2ccccc2)cc1. The van der Waals surface area contributed by atoms with Crippen LogP contribution < -0.4 is 15.6 Å². The molecule has 0 radical (unpaired) electrons. The van der Waals surface area contributed by atoms with Gasteiger partial charge in [0, 0.05) is 11.1 Å². The lowest BCUT2D eigenvalue weighted by Gasteiger charge is -2.08. The van der Waals surface area contributed by atoms with Crippen LogP contribution in [0.25, 0.3) is 0 Å². The van der Waals surface area contributed by atoms with E-state index in [-0.39, 0.29) is 11.8 Å². The highest BCUT2D eigenvalue weighted by molar-refractivity contribution is 5.99. The molecule has 2 amide bonds. The Hall–Kier alpha value is -2.82. The first-order valence-corrected chi connectivity index (χ1v) is 6.59. The van der Waals surface area contributed by atoms with Crippen molar-refractivity contribution in [1.82, 2.24) is 10.9 Å². The van der Waals surface area contributed by atoms with Gasteiger partial charge in [-0.15, -0.1) is 0 Å². The highest BCUT2D eigenvalue weighted by Crippen LogP contribution is 2.11. The second kappa shape index (κ2) is 7.09. The number of carbonyl (C=O) groups is 2. The highest BCUT2D eigenvalue weighted by Gasteiger charge is 2.08. The summed E-state index contributed by atoms with van der Waals surface area (Å²) in [5.74, 6) is -0.0559. The van der Waals surface area contributed by atoms with Gasteiger partial charge in [-0.1, -0.05) is 18.2 Å². The number of hydrazine groups is 1. The number of ether oxygens (including phenoxy) is 1. The molecule has 5 nitrogen and oxygen atoms in total. The number of benzene rings is 2. The molecule has 2 N–H and O–H groups in total. The van der Waals surface area contributed by atoms with E-state index in [1.165, 1.54) is 0 Å². The van der Waals surface area contributed by atoms with Crippen LogP contribution in [0.2, 0.25) is 0 Å². The highest BCUT2D eigenvalue weighted by atomic mass is 16.5. The van der Waals surface area contributed by atoms with Crippen LogP contribution in [-0.2, 0) is 0 Å². The molecular formula is C16H16N2O3. The van der Waals surface area contributed by atoms with E-state index in [9.17, 15) is 9.59 Å². The van der Waals surface area contributed by atoms with Crippen molar-refractivity contribution in [1.29, 1.82) is 0 Å². The molecule has 0 aliphatic rings. The molecule has 0 aliphatic carbocycles. The average Bonchev–Trinajstić information content (AvgIpc) is 2.54. The topological polar surface area (TPSA) is 67.4 Å². The molecule has 21 heavy (non-hydrogen) atoms. The van der Waals surface area contributed by atoms with Crippen LogP contribution in [-0.4, -0.2) is 18.4 Å². The summed E-state index contributed by atoms with van der Waals surface area (Å²) in [6.07, 6.45) is 0. The second-order valence-electron chi connectivity index (χ2n) is 4.23. The van der Waals surface area contributed by atoms with Gasteiger partial charge in [0.2, 0.25) is 0 Å². The third-order valence-electron chi connectivity index (χ3n) is 2.75. The Morgan fingerprint density at radius 2 is 1.38 bits per heavy atom. The lowest BCUT2D eigenvalue weighted by Crippen LogP contribution is -2.41. The number of amides is 2. The Morgan fingerprint density at radius 1 is 0.857 bits per heavy atom. The number of nitrogens with one attached hydrogen (secondary N) is 2. The summed E-state index contributed by atoms with van der Waals surface area (Å²) in [4.78, 5) is 23.7. The van der Waals surface area contributed by atoms with E-state index in [0.717, 1.165) is 0 Å². The Bertz CT molecular complexity index is 609. The monoisotopic (exact) mass is 284 g/mol. The van der Waals surface area contributed by atoms with Crippen LogP contribution in [0.4, 0.5) is 0 Å². The van der Waals surface area contributed by atoms with Gasteiger partial charge in [0.15, 0.2) is 0 Å². The van der Waals surface area contributed by atoms with Gasteiger partial charge in [-0.25, -0.2) is 0 Å². The maximum atomic E-state index is 11.9. The third-order valence-corrected chi connectivity index (χ3v) is 2.75. The summed E-state index contributed by atoms with van der Waals surface area (Å²) in [7, 11) is 0. The fourth-order valence-electron chi connectivity index (χ4n) is 1.72. The smallest absolute Gasteiger partial charge is 0.269 e. The molecule has 0 aromatic heterocycles. The van der Waals surface area contributed by atoms with Gasteiger partial charge in [-0.3, -0.25) is 20.4 Å². The molecule has 0 saturated carbocycles. The third kappa shape index (κ3) is 4.07. The molecule has 0 bridgehead atoms. The Kier molecular flexibility index (Phi) is 4.93. The van der Waals surface area contributed by atoms with Gasteiger partial charge in [0.1, 0.15) is 5.75 Å². The first-order valence-electron chi connectivity index (χ1n) is 6.59. The Balaban J connectivity index is 1.91. The van der Waals surface area contributed by atoms with Crippen LogP contribution >= 0.6 is 0 Å². The number of hydrogen-bond donors (Lipinski definition) is 2. The molecular weight excluding hydrogens is 268 g/mol. The predicted molar refractivity (Wildman–Crippen MR) is 79.0 cm³/mol. The summed E-state index contributed by atoms with van der Waals surface area (Å²) in [5.41, 5.74) is 5.65. The molecule has 5 heteroatoms. The summed E-state index contributed by atoms with van der Waals surface area (Å²) in [5, 5.41) is 0. The minimum Gasteiger partial charge on any atom is -0.494 e. The van der Waals surface area contributed by atoms with Crippen LogP contribution in [0.15, 0.2) is 54.6 Å². The average molecular weight is 284 g/mol. The summed E-state index contributed by atoms with van der Waals surface area (Å²) in [6, 6.07) is 15.3. The molecule has 108 valence electrons. The maximum absolute atomic E-state index is 11.9. The van der Waals surface area contributed by atoms with E-state index in [2.05, 4.69) is 10.9 Å². The first-order chi connectivity index (χ1) is 10.2. The fourth-order valence-corrected chi connectivity index (χ4v) is 1.72. The van der Waals surface area contributed by atoms with Crippen molar-refractivity contribution < 1.29 is 14.3 Å². The molecule has 2 aromatic carbocycles. The van der Waals surface area contributed by atoms with Gasteiger partial charge >= 0.3 is 0 Å². The van der Waals surface area contributed by atoms with Gasteiger partial charge < -0.3 is 4.74 Å². The molecule has 0 saturated heterocycles. The quantitative estimate of drug-likeness (QED) is 0.845. The molecule has 0 spiro atoms. The second-order valence-corrected chi connectivity index (χ2v) is 4.23. The van der Waals surface area contributed by atoms with Crippen LogP contribution in [0.3, 0.4) is 0 Å². The van der Waals surface area contributed by atoms with E-state index in [1.54, 1.807) is 48.5 Å². The van der Waals surface area contributed by atoms with Gasteiger partial charge in [-0.2, -0.15) is 0 Å². The van der Waals surface area contributed by atoms with E-state index >= 15 is 0 Å². The minimum atomic E-state index is -0.387. The van der Waals surface area contributed by atoms with E-state index < -0.39 is 0 Å². The van der Waals surface area contributed by atoms with Gasteiger partial charge in [-0.05, 0) is 43.3 Å². The van der Waals surface area contributed by atoms with Crippen molar-refractivity contribution in [3.05, 3.63) is 65.7 Å². The molecule has 0 unspecified atom stereocenters. The van der Waals surface area contributed by atoms with Crippen LogP contribution in [0.5, 0.6) is 5.75 Å². The maximum Gasteiger partial charge on any atom is 0.269 e. The van der Waals surface area contributed by atoms with Crippen LogP contribution in [0.1, 0.15) is 27.6 Å². The Morgan fingerprint density at radius 3 is 1.90 bits per heavy atom. The summed E-state index contributed by atoms with van der Waals surface area (Å²) in [6.45, 7) is 2.46. The zero-order valence-electron chi connectivity index (χ0n) is 11.6. The minimum absolute atomic E-state index is 0.366. The molecule has 0 aliphatic heterocycles. The van der Waals surface area contributed by atoms with Crippen molar-refractivity contribution in [2.75, 3.05) is 6.61 Å². The largest absolute Gasteiger partial charge is 0.494 e. The summed E-state index contributed by atoms with van der Waals surface area (Å²) < 4.78 is 5.30. The number of hydrogen-bond acceptors (Lipinski definition) is 3. The van der Waals surface area contributed by atoms with E-state index in [4.69, 9.17) is 4.74 Å². The standard InChI is InChI=1S/C16H16N2O3/c1-2-21-14-10-8-13(9-11-14)16(20)18-17-15(19)12-6-4-3-5-7-12/h3-11H,2H2,1H3,(H,17,19)(H,18,20). The van der Waals surface area contributed by atoms with Crippen molar-refractivity contribution in [2.24, 2.45) is 0 Å². The van der Waals surface area contributed by atoms with Crippen molar-refractivity contribution in [3.63, 3.8) is 0 Å². The number of rotatable bonds is 4. The summed E-state index contributed by atoms with van der Waals surface area (Å²) >= 11 is 0. The molecule has 0 fully saturated rings. The zero-order valence-corrected chi connectivity index (χ0v) is 11.6. The first kappa shape index (κ1) is 14.6. The molecule has 2 rings (SSSR count). The lowest BCUT2D eigenvalue weighted by atomic mass is 10.2. The lowest BCUT2D eigenvalue weighted by molar-refractivity contribution is 0.0846. The normalized spacial score (nSPS) is 9.76. The molecule has 2 aromatic rings. The van der Waals surface area contributed by atoms with Crippen molar-refractivity contribution >= 4 is 11.8 Å². The number of carbonyl (C=O) groups excluding carboxylic acids is 2. The fraction of sp³-hybridized carbons (Fsp3) is 0.125. The van der Waals surface area contributed by atoms with E-state index in [0.29, 0.717) is 23.5 Å². The zero-order chi connectivity index (χ0) is 15.1. The van der Waals surface area contributed by atoms with E-state index in [1.807, 2.05) is 13.0 Å². The van der Waals surface area contributed by atoms with Crippen molar-refractivity contribution in [3.8, 4) is 5.75 Å². The molecule has 0 atom stereocenters. The van der Waals surface area contributed by atoms with Crippen molar-refractivity contribution in [2.45, 2.75) is 6.92 Å².